The molecule has 0 fully saturated rings. The largest absolute Gasteiger partial charge is 0.141 e. The molecular formula is C32H20Br4S2. The van der Waals surface area contributed by atoms with E-state index in [1.807, 2.05) is 22.7 Å². The van der Waals surface area contributed by atoms with Crippen LogP contribution in [0.2, 0.25) is 0 Å². The van der Waals surface area contributed by atoms with Crippen LogP contribution in [0.15, 0.2) is 103 Å². The normalized spacial score (nSPS) is 11.4. The highest BCUT2D eigenvalue weighted by atomic mass is 79.9. The van der Waals surface area contributed by atoms with Crippen LogP contribution in [0.4, 0.5) is 0 Å². The maximum Gasteiger partial charge on any atom is 0.0352 e. The summed E-state index contributed by atoms with van der Waals surface area (Å²) in [6.07, 6.45) is 0. The van der Waals surface area contributed by atoms with Crippen molar-refractivity contribution >= 4 is 97.2 Å². The lowest BCUT2D eigenvalue weighted by Gasteiger charge is -2.16. The Morgan fingerprint density at radius 1 is 0.421 bits per heavy atom. The molecule has 2 heterocycles. The maximum atomic E-state index is 3.93. The van der Waals surface area contributed by atoms with Crippen molar-refractivity contribution in [2.45, 2.75) is 13.8 Å². The fourth-order valence-electron chi connectivity index (χ4n) is 4.72. The van der Waals surface area contributed by atoms with Crippen molar-refractivity contribution in [3.05, 3.63) is 113 Å². The van der Waals surface area contributed by atoms with Crippen molar-refractivity contribution in [2.24, 2.45) is 0 Å². The van der Waals surface area contributed by atoms with E-state index in [-0.39, 0.29) is 0 Å². The molecule has 6 rings (SSSR count). The molecule has 0 aliphatic rings. The van der Waals surface area contributed by atoms with Gasteiger partial charge in [-0.2, -0.15) is 0 Å². The average Bonchev–Trinajstić information content (AvgIpc) is 3.53. The molecule has 0 aliphatic carbocycles. The second-order valence-electron chi connectivity index (χ2n) is 9.19. The molecular weight excluding hydrogens is 768 g/mol. The first-order valence-corrected chi connectivity index (χ1v) is 16.7. The first kappa shape index (κ1) is 26.7. The Hall–Kier alpha value is -1.54. The van der Waals surface area contributed by atoms with Crippen LogP contribution < -0.4 is 0 Å². The summed E-state index contributed by atoms with van der Waals surface area (Å²) in [6, 6.07) is 30.8. The van der Waals surface area contributed by atoms with E-state index < -0.39 is 0 Å². The zero-order valence-electron chi connectivity index (χ0n) is 20.4. The molecule has 0 radical (unpaired) electrons. The van der Waals surface area contributed by atoms with Crippen LogP contribution in [0.5, 0.6) is 0 Å². The highest BCUT2D eigenvalue weighted by Crippen LogP contribution is 2.47. The molecule has 2 aromatic heterocycles. The van der Waals surface area contributed by atoms with Gasteiger partial charge in [0, 0.05) is 48.5 Å². The molecule has 0 N–H and O–H groups in total. The van der Waals surface area contributed by atoms with Crippen LogP contribution in [0, 0.1) is 13.8 Å². The third-order valence-corrected chi connectivity index (χ3v) is 11.3. The number of hydrogen-bond donors (Lipinski definition) is 0. The molecule has 6 heteroatoms. The summed E-state index contributed by atoms with van der Waals surface area (Å²) in [5.41, 5.74) is 7.09. The van der Waals surface area contributed by atoms with E-state index in [1.54, 1.807) is 0 Å². The van der Waals surface area contributed by atoms with Gasteiger partial charge in [-0.25, -0.2) is 0 Å². The Balaban J connectivity index is 1.52. The third-order valence-electron chi connectivity index (χ3n) is 6.59. The minimum atomic E-state index is 1.05. The smallest absolute Gasteiger partial charge is 0.0352 e. The van der Waals surface area contributed by atoms with Crippen molar-refractivity contribution in [2.75, 3.05) is 0 Å². The topological polar surface area (TPSA) is 0 Å². The zero-order valence-corrected chi connectivity index (χ0v) is 28.4. The monoisotopic (exact) mass is 784 g/mol. The van der Waals surface area contributed by atoms with Crippen LogP contribution in [0.3, 0.4) is 0 Å². The molecule has 0 amide bonds. The van der Waals surface area contributed by atoms with Gasteiger partial charge in [0.05, 0.1) is 0 Å². The van der Waals surface area contributed by atoms with Crippen molar-refractivity contribution in [1.29, 1.82) is 0 Å². The highest BCUT2D eigenvalue weighted by Gasteiger charge is 2.19. The summed E-state index contributed by atoms with van der Waals surface area (Å²) in [6.45, 7) is 4.33. The predicted octanol–water partition coefficient (Wildman–Crippen LogP) is 13.3. The molecule has 6 aromatic rings. The molecule has 0 saturated heterocycles. The number of hydrogen-bond acceptors (Lipinski definition) is 2. The highest BCUT2D eigenvalue weighted by molar-refractivity contribution is 9.11. The Morgan fingerprint density at radius 3 is 1.32 bits per heavy atom. The molecule has 0 aliphatic heterocycles. The Labute approximate surface area is 264 Å². The third kappa shape index (κ3) is 5.04. The number of thiophene rings is 2. The molecule has 0 bridgehead atoms. The molecule has 4 aromatic carbocycles. The minimum Gasteiger partial charge on any atom is -0.141 e. The van der Waals surface area contributed by atoms with E-state index >= 15 is 0 Å². The van der Waals surface area contributed by atoms with E-state index in [2.05, 4.69) is 162 Å². The summed E-state index contributed by atoms with van der Waals surface area (Å²) in [7, 11) is 0. The first-order chi connectivity index (χ1) is 18.3. The van der Waals surface area contributed by atoms with Crippen LogP contribution in [-0.2, 0) is 0 Å². The fraction of sp³-hybridized carbons (Fsp3) is 0.0625. The van der Waals surface area contributed by atoms with Crippen molar-refractivity contribution < 1.29 is 0 Å². The summed E-state index contributed by atoms with van der Waals surface area (Å²) >= 11 is 19.2. The van der Waals surface area contributed by atoms with Crippen LogP contribution in [0.1, 0.15) is 9.75 Å². The van der Waals surface area contributed by atoms with E-state index in [4.69, 9.17) is 0 Å². The van der Waals surface area contributed by atoms with Gasteiger partial charge in [-0.05, 0) is 108 Å². The fourth-order valence-corrected chi connectivity index (χ4v) is 8.77. The number of aryl methyl sites for hydroxylation is 2. The van der Waals surface area contributed by atoms with Gasteiger partial charge in [-0.3, -0.25) is 0 Å². The molecule has 38 heavy (non-hydrogen) atoms. The summed E-state index contributed by atoms with van der Waals surface area (Å²) < 4.78 is 4.24. The predicted molar refractivity (Wildman–Crippen MR) is 182 cm³/mol. The zero-order chi connectivity index (χ0) is 26.6. The second-order valence-corrected chi connectivity index (χ2v) is 15.2. The van der Waals surface area contributed by atoms with Gasteiger partial charge < -0.3 is 0 Å². The molecule has 0 atom stereocenters. The van der Waals surface area contributed by atoms with Crippen LogP contribution >= 0.6 is 86.4 Å². The van der Waals surface area contributed by atoms with Gasteiger partial charge in [0.1, 0.15) is 0 Å². The van der Waals surface area contributed by atoms with E-state index in [0.717, 1.165) is 40.1 Å². The SMILES string of the molecule is Cc1ccc(-c2cc(Br)c(-c3cc(Br)c(-c4cc5ccccc5cc4Br)cc3Br)cc2-c2ccc(C)s2)s1. The molecule has 0 nitrogen and oxygen atoms in total. The van der Waals surface area contributed by atoms with E-state index in [0.29, 0.717) is 0 Å². The number of rotatable bonds is 4. The molecule has 0 saturated carbocycles. The Kier molecular flexibility index (Phi) is 7.58. The number of benzene rings is 4. The lowest BCUT2D eigenvalue weighted by atomic mass is 9.95. The summed E-state index contributed by atoms with van der Waals surface area (Å²) in [5, 5.41) is 2.44. The molecule has 0 spiro atoms. The van der Waals surface area contributed by atoms with E-state index in [9.17, 15) is 0 Å². The first-order valence-electron chi connectivity index (χ1n) is 11.9. The van der Waals surface area contributed by atoms with Crippen molar-refractivity contribution in [1.82, 2.24) is 0 Å². The maximum absolute atomic E-state index is 3.93. The lowest BCUT2D eigenvalue weighted by Crippen LogP contribution is -1.90. The Morgan fingerprint density at radius 2 is 0.816 bits per heavy atom. The quantitative estimate of drug-likeness (QED) is 0.167. The van der Waals surface area contributed by atoms with Crippen molar-refractivity contribution in [3.63, 3.8) is 0 Å². The van der Waals surface area contributed by atoms with Gasteiger partial charge in [-0.15, -0.1) is 22.7 Å². The molecule has 0 unspecified atom stereocenters. The van der Waals surface area contributed by atoms with Crippen LogP contribution in [0.25, 0.3) is 53.9 Å². The number of fused-ring (bicyclic) bond motifs is 1. The second kappa shape index (κ2) is 10.8. The Bertz CT molecular complexity index is 1840. The van der Waals surface area contributed by atoms with E-state index in [1.165, 1.54) is 41.4 Å². The van der Waals surface area contributed by atoms with Gasteiger partial charge in [-0.1, -0.05) is 88.0 Å². The van der Waals surface area contributed by atoms with Gasteiger partial charge in [0.25, 0.3) is 0 Å². The average molecular weight is 788 g/mol. The van der Waals surface area contributed by atoms with Crippen molar-refractivity contribution in [3.8, 4) is 43.1 Å². The lowest BCUT2D eigenvalue weighted by molar-refractivity contribution is 1.52. The summed E-state index contributed by atoms with van der Waals surface area (Å²) in [5.74, 6) is 0. The standard InChI is InChI=1S/C32H20Br4S2/c1-17-7-9-31(37-17)25-13-22(30(36)16-26(25)32-10-8-18(2)38-32)24-15-28(34)23(14-29(24)35)21-11-19-5-3-4-6-20(19)12-27(21)33/h3-16H,1-2H3. The number of halogens is 4. The molecule has 188 valence electrons. The minimum absolute atomic E-state index is 1.05. The van der Waals surface area contributed by atoms with Gasteiger partial charge in [0.2, 0.25) is 0 Å². The van der Waals surface area contributed by atoms with Gasteiger partial charge >= 0.3 is 0 Å². The van der Waals surface area contributed by atoms with Gasteiger partial charge in [0.15, 0.2) is 0 Å². The van der Waals surface area contributed by atoms with Crippen LogP contribution in [-0.4, -0.2) is 0 Å². The summed E-state index contributed by atoms with van der Waals surface area (Å²) in [4.78, 5) is 5.19.